The third-order valence-corrected chi connectivity index (χ3v) is 6.24. The van der Waals surface area contributed by atoms with Crippen LogP contribution in [-0.4, -0.2) is 53.1 Å². The molecule has 3 heterocycles. The number of allylic oxidation sites excluding steroid dienone is 2. The molecule has 0 saturated carbocycles. The van der Waals surface area contributed by atoms with E-state index in [1.807, 2.05) is 20.0 Å². The molecule has 2 N–H and O–H groups in total. The van der Waals surface area contributed by atoms with Crippen molar-refractivity contribution in [1.82, 2.24) is 15.2 Å². The molecule has 1 aromatic rings. The summed E-state index contributed by atoms with van der Waals surface area (Å²) in [5.41, 5.74) is 4.31. The van der Waals surface area contributed by atoms with Gasteiger partial charge in [0.05, 0.1) is 11.8 Å². The molecule has 0 bridgehead atoms. The van der Waals surface area contributed by atoms with Crippen LogP contribution in [0.15, 0.2) is 50.8 Å². The van der Waals surface area contributed by atoms with Crippen molar-refractivity contribution in [1.29, 1.82) is 0 Å². The molecule has 0 aliphatic carbocycles. The first-order chi connectivity index (χ1) is 14.5. The predicted molar refractivity (Wildman–Crippen MR) is 126 cm³/mol. The van der Waals surface area contributed by atoms with E-state index in [-0.39, 0.29) is 17.6 Å². The number of nitrogens with one attached hydrogen (secondary N) is 2. The van der Waals surface area contributed by atoms with E-state index >= 15 is 0 Å². The minimum Gasteiger partial charge on any atom is -0.329 e. The van der Waals surface area contributed by atoms with Crippen molar-refractivity contribution in [3.05, 3.63) is 52.0 Å². The summed E-state index contributed by atoms with van der Waals surface area (Å²) >= 11 is 0. The standard InChI is InChI=1S/C24H35N5O/c1-6-16(4)24(25-5)19-11-9-10-18(27-19)20-15-29(22(8-3)28-20)21(7-2)17-12-13-26-23(30)14-17/h6-7,12-14,18-20,27H,8-11,15H2,1-5H3,(H,26,30)/b16-6-,21-7-,25-24+/t18-,19+,20-/m1/s1. The van der Waals surface area contributed by atoms with Crippen LogP contribution in [0.4, 0.5) is 0 Å². The topological polar surface area (TPSA) is 72.8 Å². The molecule has 162 valence electrons. The van der Waals surface area contributed by atoms with Gasteiger partial charge >= 0.3 is 0 Å². The smallest absolute Gasteiger partial charge is 0.248 e. The van der Waals surface area contributed by atoms with Gasteiger partial charge in [-0.2, -0.15) is 0 Å². The van der Waals surface area contributed by atoms with Crippen LogP contribution >= 0.6 is 0 Å². The molecule has 3 atom stereocenters. The Morgan fingerprint density at radius 3 is 2.77 bits per heavy atom. The maximum atomic E-state index is 11.8. The van der Waals surface area contributed by atoms with Crippen molar-refractivity contribution in [2.45, 2.75) is 71.5 Å². The molecular formula is C24H35N5O. The largest absolute Gasteiger partial charge is 0.329 e. The molecule has 1 fully saturated rings. The fraction of sp³-hybridized carbons (Fsp3) is 0.542. The molecule has 6 heteroatoms. The van der Waals surface area contributed by atoms with Crippen LogP contribution in [0.25, 0.3) is 5.70 Å². The van der Waals surface area contributed by atoms with Crippen LogP contribution in [0, 0.1) is 0 Å². The van der Waals surface area contributed by atoms with Crippen molar-refractivity contribution < 1.29 is 0 Å². The lowest BCUT2D eigenvalue weighted by Gasteiger charge is -2.35. The Morgan fingerprint density at radius 2 is 2.13 bits per heavy atom. The van der Waals surface area contributed by atoms with Crippen LogP contribution < -0.4 is 10.9 Å². The average Bonchev–Trinajstić information content (AvgIpc) is 3.19. The van der Waals surface area contributed by atoms with Gasteiger partial charge in [-0.05, 0) is 51.7 Å². The second-order valence-electron chi connectivity index (χ2n) is 8.03. The normalized spacial score (nSPS) is 26.2. The Labute approximate surface area is 179 Å². The van der Waals surface area contributed by atoms with Gasteiger partial charge in [0.15, 0.2) is 0 Å². The van der Waals surface area contributed by atoms with Crippen molar-refractivity contribution >= 4 is 17.2 Å². The van der Waals surface area contributed by atoms with E-state index in [0.29, 0.717) is 6.04 Å². The second kappa shape index (κ2) is 10.0. The first kappa shape index (κ1) is 22.2. The zero-order chi connectivity index (χ0) is 21.7. The van der Waals surface area contributed by atoms with E-state index < -0.39 is 0 Å². The van der Waals surface area contributed by atoms with E-state index in [1.54, 1.807) is 12.3 Å². The SMILES string of the molecule is C/C=C(C)\C(=N/C)[C@@H]1CCC[C@H]([C@H]2CN(/C(=C\C)c3cc[nH]c(=O)c3)C(CC)=N2)N1. The molecule has 6 nitrogen and oxygen atoms in total. The quantitative estimate of drug-likeness (QED) is 0.703. The van der Waals surface area contributed by atoms with Crippen LogP contribution in [0.3, 0.4) is 0 Å². The highest BCUT2D eigenvalue weighted by Gasteiger charge is 2.35. The van der Waals surface area contributed by atoms with Crippen LogP contribution in [0.1, 0.15) is 58.9 Å². The van der Waals surface area contributed by atoms with Crippen molar-refractivity contribution in [3.63, 3.8) is 0 Å². The Bertz CT molecular complexity index is 924. The number of piperidine rings is 1. The van der Waals surface area contributed by atoms with E-state index in [9.17, 15) is 4.79 Å². The summed E-state index contributed by atoms with van der Waals surface area (Å²) in [6.07, 6.45) is 10.2. The van der Waals surface area contributed by atoms with Crippen molar-refractivity contribution in [3.8, 4) is 0 Å². The number of amidine groups is 1. The van der Waals surface area contributed by atoms with Gasteiger partial charge in [-0.3, -0.25) is 14.8 Å². The highest BCUT2D eigenvalue weighted by Crippen LogP contribution is 2.29. The Hall–Kier alpha value is -2.47. The Balaban J connectivity index is 1.80. The number of hydrogen-bond acceptors (Lipinski definition) is 5. The number of pyridine rings is 1. The monoisotopic (exact) mass is 409 g/mol. The lowest BCUT2D eigenvalue weighted by atomic mass is 9.89. The predicted octanol–water partition coefficient (Wildman–Crippen LogP) is 3.78. The number of aromatic amines is 1. The van der Waals surface area contributed by atoms with Crippen LogP contribution in [-0.2, 0) is 0 Å². The van der Waals surface area contributed by atoms with Gasteiger partial charge in [0, 0.05) is 55.6 Å². The third-order valence-electron chi connectivity index (χ3n) is 6.24. The molecular weight excluding hydrogens is 374 g/mol. The summed E-state index contributed by atoms with van der Waals surface area (Å²) in [6.45, 7) is 9.21. The second-order valence-corrected chi connectivity index (χ2v) is 8.03. The van der Waals surface area contributed by atoms with E-state index in [2.05, 4.69) is 53.1 Å². The number of H-pyrrole nitrogens is 1. The molecule has 0 amide bonds. The van der Waals surface area contributed by atoms with E-state index in [1.165, 1.54) is 12.0 Å². The van der Waals surface area contributed by atoms with Gasteiger partial charge in [-0.25, -0.2) is 0 Å². The van der Waals surface area contributed by atoms with Gasteiger partial charge in [0.2, 0.25) is 5.56 Å². The summed E-state index contributed by atoms with van der Waals surface area (Å²) in [4.78, 5) is 26.5. The van der Waals surface area contributed by atoms with Crippen LogP contribution in [0.5, 0.6) is 0 Å². The molecule has 2 aliphatic heterocycles. The summed E-state index contributed by atoms with van der Waals surface area (Å²) in [5.74, 6) is 1.09. The first-order valence-corrected chi connectivity index (χ1v) is 11.1. The Kier molecular flexibility index (Phi) is 7.43. The molecule has 1 saturated heterocycles. The summed E-state index contributed by atoms with van der Waals surface area (Å²) < 4.78 is 0. The highest BCUT2D eigenvalue weighted by atomic mass is 16.1. The number of nitrogens with zero attached hydrogens (tertiary/aromatic N) is 3. The highest BCUT2D eigenvalue weighted by molar-refractivity contribution is 6.03. The minimum absolute atomic E-state index is 0.0832. The number of aliphatic imine (C=N–C) groups is 2. The molecule has 0 unspecified atom stereocenters. The molecule has 0 aromatic carbocycles. The third kappa shape index (κ3) is 4.64. The fourth-order valence-electron chi connectivity index (χ4n) is 4.65. The molecule has 30 heavy (non-hydrogen) atoms. The van der Waals surface area contributed by atoms with E-state index in [0.717, 1.165) is 48.6 Å². The lowest BCUT2D eigenvalue weighted by molar-refractivity contribution is 0.318. The lowest BCUT2D eigenvalue weighted by Crippen LogP contribution is -2.52. The molecule has 0 spiro atoms. The van der Waals surface area contributed by atoms with Crippen LogP contribution in [0.2, 0.25) is 0 Å². The summed E-state index contributed by atoms with van der Waals surface area (Å²) in [5, 5.41) is 3.85. The van der Waals surface area contributed by atoms with Gasteiger partial charge in [-0.1, -0.05) is 19.1 Å². The van der Waals surface area contributed by atoms with Crippen molar-refractivity contribution in [2.75, 3.05) is 13.6 Å². The zero-order valence-electron chi connectivity index (χ0n) is 18.9. The van der Waals surface area contributed by atoms with Gasteiger partial charge in [-0.15, -0.1) is 0 Å². The van der Waals surface area contributed by atoms with Gasteiger partial charge in [0.25, 0.3) is 0 Å². The van der Waals surface area contributed by atoms with E-state index in [4.69, 9.17) is 4.99 Å². The molecule has 0 radical (unpaired) electrons. The number of hydrogen-bond donors (Lipinski definition) is 2. The average molecular weight is 410 g/mol. The molecule has 2 aliphatic rings. The summed E-state index contributed by atoms with van der Waals surface area (Å²) in [7, 11) is 1.89. The number of rotatable bonds is 6. The maximum Gasteiger partial charge on any atom is 0.248 e. The summed E-state index contributed by atoms with van der Waals surface area (Å²) in [6, 6.07) is 4.43. The number of aromatic nitrogens is 1. The fourth-order valence-corrected chi connectivity index (χ4v) is 4.65. The van der Waals surface area contributed by atoms with Gasteiger partial charge in [0.1, 0.15) is 5.84 Å². The molecule has 1 aromatic heterocycles. The Morgan fingerprint density at radius 1 is 1.33 bits per heavy atom. The van der Waals surface area contributed by atoms with Crippen molar-refractivity contribution in [2.24, 2.45) is 9.98 Å². The zero-order valence-corrected chi connectivity index (χ0v) is 18.9. The van der Waals surface area contributed by atoms with Gasteiger partial charge < -0.3 is 15.2 Å². The first-order valence-electron chi connectivity index (χ1n) is 11.1. The minimum atomic E-state index is -0.0832. The maximum absolute atomic E-state index is 11.8. The molecule has 3 rings (SSSR count).